The molecule has 0 aliphatic carbocycles. The summed E-state index contributed by atoms with van der Waals surface area (Å²) in [7, 11) is 5.35. The first-order chi connectivity index (χ1) is 17.2. The van der Waals surface area contributed by atoms with Crippen LogP contribution in [0, 0.1) is 5.82 Å². The fraction of sp³-hybridized carbons (Fsp3) is 0.444. The van der Waals surface area contributed by atoms with E-state index in [1.54, 1.807) is 18.1 Å². The number of carbonyl (C=O) groups is 3. The Kier molecular flexibility index (Phi) is 7.59. The second kappa shape index (κ2) is 10.7. The van der Waals surface area contributed by atoms with E-state index in [2.05, 4.69) is 4.90 Å². The van der Waals surface area contributed by atoms with Gasteiger partial charge in [0.1, 0.15) is 11.6 Å². The van der Waals surface area contributed by atoms with Gasteiger partial charge in [-0.3, -0.25) is 19.3 Å². The van der Waals surface area contributed by atoms with Gasteiger partial charge in [-0.1, -0.05) is 24.3 Å². The number of imide groups is 1. The van der Waals surface area contributed by atoms with Crippen LogP contribution in [-0.2, 0) is 19.8 Å². The molecule has 192 valence electrons. The normalized spacial score (nSPS) is 20.4. The molecule has 2 aliphatic rings. The third-order valence-electron chi connectivity index (χ3n) is 7.07. The van der Waals surface area contributed by atoms with E-state index in [0.717, 1.165) is 11.4 Å². The van der Waals surface area contributed by atoms with Crippen molar-refractivity contribution >= 4 is 23.4 Å². The van der Waals surface area contributed by atoms with Gasteiger partial charge in [-0.15, -0.1) is 0 Å². The van der Waals surface area contributed by atoms with Crippen molar-refractivity contribution in [2.24, 2.45) is 0 Å². The van der Waals surface area contributed by atoms with Gasteiger partial charge in [-0.2, -0.15) is 0 Å². The van der Waals surface area contributed by atoms with Gasteiger partial charge in [0.2, 0.25) is 17.7 Å². The maximum absolute atomic E-state index is 14.2. The number of piperazine rings is 1. The van der Waals surface area contributed by atoms with Crippen molar-refractivity contribution in [3.63, 3.8) is 0 Å². The second-order valence-electron chi connectivity index (χ2n) is 9.64. The van der Waals surface area contributed by atoms with Crippen molar-refractivity contribution in [1.82, 2.24) is 14.7 Å². The van der Waals surface area contributed by atoms with Crippen LogP contribution in [0.25, 0.3) is 0 Å². The lowest BCUT2D eigenvalue weighted by Gasteiger charge is -2.38. The smallest absolute Gasteiger partial charge is 0.240 e. The standard InChI is InChI=1S/C27H33FN4O4/c1-29(2)11-16-32-25(34)19-27(26(32)35,20-7-6-8-21(28)17-20)18-24(33)31-14-12-30(13-15-31)22-9-4-5-10-23(22)36-3/h4-10,17H,11-16,18-19H2,1-3H3/t27-/m1/s1. The van der Waals surface area contributed by atoms with E-state index in [4.69, 9.17) is 4.74 Å². The third kappa shape index (κ3) is 5.06. The summed E-state index contributed by atoms with van der Waals surface area (Å²) in [5, 5.41) is 0. The van der Waals surface area contributed by atoms with E-state index in [-0.39, 0.29) is 31.2 Å². The molecule has 8 nitrogen and oxygen atoms in total. The van der Waals surface area contributed by atoms with Crippen LogP contribution in [0.2, 0.25) is 0 Å². The maximum Gasteiger partial charge on any atom is 0.240 e. The summed E-state index contributed by atoms with van der Waals surface area (Å²) in [4.78, 5) is 47.1. The molecule has 0 aromatic heterocycles. The van der Waals surface area contributed by atoms with Gasteiger partial charge in [-0.05, 0) is 43.9 Å². The molecular formula is C27H33FN4O4. The lowest BCUT2D eigenvalue weighted by Crippen LogP contribution is -2.51. The second-order valence-corrected chi connectivity index (χ2v) is 9.64. The van der Waals surface area contributed by atoms with Gasteiger partial charge < -0.3 is 19.4 Å². The Hall–Kier alpha value is -3.46. The van der Waals surface area contributed by atoms with Crippen molar-refractivity contribution in [2.75, 3.05) is 65.4 Å². The molecule has 4 rings (SSSR count). The number of amides is 3. The molecule has 0 spiro atoms. The molecule has 36 heavy (non-hydrogen) atoms. The molecule has 2 heterocycles. The third-order valence-corrected chi connectivity index (χ3v) is 7.07. The number of nitrogens with zero attached hydrogens (tertiary/aromatic N) is 4. The number of methoxy groups -OCH3 is 1. The largest absolute Gasteiger partial charge is 0.495 e. The van der Waals surface area contributed by atoms with Crippen LogP contribution in [0.5, 0.6) is 5.75 Å². The van der Waals surface area contributed by atoms with E-state index >= 15 is 0 Å². The van der Waals surface area contributed by atoms with Gasteiger partial charge in [0, 0.05) is 52.1 Å². The van der Waals surface area contributed by atoms with Gasteiger partial charge in [0.15, 0.2) is 0 Å². The molecule has 2 aliphatic heterocycles. The topological polar surface area (TPSA) is 73.4 Å². The van der Waals surface area contributed by atoms with Crippen LogP contribution < -0.4 is 9.64 Å². The first-order valence-electron chi connectivity index (χ1n) is 12.2. The number of para-hydroxylation sites is 2. The van der Waals surface area contributed by atoms with Crippen molar-refractivity contribution in [1.29, 1.82) is 0 Å². The minimum absolute atomic E-state index is 0.143. The lowest BCUT2D eigenvalue weighted by molar-refractivity contribution is -0.142. The number of likely N-dealkylation sites (N-methyl/N-ethyl adjacent to an activating group) is 1. The molecule has 0 bridgehead atoms. The SMILES string of the molecule is COc1ccccc1N1CCN(C(=O)C[C@]2(c3cccc(F)c3)CC(=O)N(CCN(C)C)C2=O)CC1. The molecule has 2 aromatic rings. The van der Waals surface area contributed by atoms with Crippen LogP contribution in [0.3, 0.4) is 0 Å². The maximum atomic E-state index is 14.2. The molecule has 0 unspecified atom stereocenters. The Morgan fingerprint density at radius 3 is 2.44 bits per heavy atom. The number of anilines is 1. The van der Waals surface area contributed by atoms with E-state index in [9.17, 15) is 18.8 Å². The summed E-state index contributed by atoms with van der Waals surface area (Å²) in [5.41, 5.74) is -0.0619. The summed E-state index contributed by atoms with van der Waals surface area (Å²) in [5.74, 6) is -0.706. The Labute approximate surface area is 211 Å². The zero-order valence-corrected chi connectivity index (χ0v) is 21.1. The van der Waals surface area contributed by atoms with E-state index in [1.165, 1.54) is 23.1 Å². The Balaban J connectivity index is 1.53. The van der Waals surface area contributed by atoms with Gasteiger partial charge in [-0.25, -0.2) is 4.39 Å². The predicted octanol–water partition coefficient (Wildman–Crippen LogP) is 2.13. The summed E-state index contributed by atoms with van der Waals surface area (Å²) in [6.07, 6.45) is -0.316. The average molecular weight is 497 g/mol. The summed E-state index contributed by atoms with van der Waals surface area (Å²) < 4.78 is 19.7. The molecule has 2 saturated heterocycles. The van der Waals surface area contributed by atoms with Crippen LogP contribution in [0.1, 0.15) is 18.4 Å². The van der Waals surface area contributed by atoms with Gasteiger partial charge in [0.25, 0.3) is 0 Å². The molecule has 0 radical (unpaired) electrons. The van der Waals surface area contributed by atoms with Crippen LogP contribution >= 0.6 is 0 Å². The minimum Gasteiger partial charge on any atom is -0.495 e. The number of rotatable bonds is 8. The number of likely N-dealkylation sites (tertiary alicyclic amines) is 1. The molecule has 9 heteroatoms. The molecule has 0 N–H and O–H groups in total. The van der Waals surface area contributed by atoms with E-state index < -0.39 is 17.1 Å². The molecule has 3 amide bonds. The summed E-state index contributed by atoms with van der Waals surface area (Å²) in [6.45, 7) is 2.91. The van der Waals surface area contributed by atoms with Crippen molar-refractivity contribution in [3.05, 3.63) is 59.9 Å². The van der Waals surface area contributed by atoms with Crippen molar-refractivity contribution in [3.8, 4) is 5.75 Å². The first-order valence-corrected chi connectivity index (χ1v) is 12.2. The fourth-order valence-corrected chi connectivity index (χ4v) is 5.04. The fourth-order valence-electron chi connectivity index (χ4n) is 5.04. The number of benzene rings is 2. The quantitative estimate of drug-likeness (QED) is 0.522. The highest BCUT2D eigenvalue weighted by atomic mass is 19.1. The van der Waals surface area contributed by atoms with Gasteiger partial charge in [0.05, 0.1) is 18.2 Å². The zero-order chi connectivity index (χ0) is 25.9. The average Bonchev–Trinajstić information content (AvgIpc) is 3.12. The Morgan fingerprint density at radius 1 is 1.06 bits per heavy atom. The van der Waals surface area contributed by atoms with E-state index in [1.807, 2.05) is 43.3 Å². The number of ether oxygens (including phenoxy) is 1. The monoisotopic (exact) mass is 496 g/mol. The summed E-state index contributed by atoms with van der Waals surface area (Å²) in [6, 6.07) is 13.5. The highest BCUT2D eigenvalue weighted by Gasteiger charge is 2.54. The number of hydrogen-bond acceptors (Lipinski definition) is 6. The van der Waals surface area contributed by atoms with Crippen LogP contribution in [-0.4, -0.2) is 92.9 Å². The van der Waals surface area contributed by atoms with Crippen LogP contribution in [0.15, 0.2) is 48.5 Å². The highest BCUT2D eigenvalue weighted by Crippen LogP contribution is 2.40. The molecular weight excluding hydrogens is 463 g/mol. The van der Waals surface area contributed by atoms with Crippen molar-refractivity contribution < 1.29 is 23.5 Å². The van der Waals surface area contributed by atoms with Crippen molar-refractivity contribution in [2.45, 2.75) is 18.3 Å². The molecule has 0 saturated carbocycles. The lowest BCUT2D eigenvalue weighted by atomic mass is 9.75. The first kappa shape index (κ1) is 25.6. The van der Waals surface area contributed by atoms with E-state index in [0.29, 0.717) is 38.3 Å². The molecule has 2 fully saturated rings. The van der Waals surface area contributed by atoms with Crippen LogP contribution in [0.4, 0.5) is 10.1 Å². The summed E-state index contributed by atoms with van der Waals surface area (Å²) >= 11 is 0. The Morgan fingerprint density at radius 2 is 1.78 bits per heavy atom. The zero-order valence-electron chi connectivity index (χ0n) is 21.1. The number of hydrogen-bond donors (Lipinski definition) is 0. The number of halogens is 1. The minimum atomic E-state index is -1.40. The Bertz CT molecular complexity index is 1130. The highest BCUT2D eigenvalue weighted by molar-refractivity contribution is 6.10. The predicted molar refractivity (Wildman–Crippen MR) is 134 cm³/mol. The molecule has 2 aromatic carbocycles. The number of carbonyl (C=O) groups excluding carboxylic acids is 3. The molecule has 1 atom stereocenters. The van der Waals surface area contributed by atoms with Gasteiger partial charge >= 0.3 is 0 Å².